The number of thiazole rings is 1. The Bertz CT molecular complexity index is 581. The van der Waals surface area contributed by atoms with Gasteiger partial charge in [-0.25, -0.2) is 13.8 Å². The second-order valence-corrected chi connectivity index (χ2v) is 5.56. The van der Waals surface area contributed by atoms with Gasteiger partial charge in [0.25, 0.3) is 0 Å². The maximum absolute atomic E-state index is 14.1. The van der Waals surface area contributed by atoms with E-state index in [1.165, 1.54) is 23.5 Å². The van der Waals surface area contributed by atoms with Crippen molar-refractivity contribution >= 4 is 11.3 Å². The monoisotopic (exact) mass is 282 g/mol. The summed E-state index contributed by atoms with van der Waals surface area (Å²) in [6.07, 6.45) is 0.470. The van der Waals surface area contributed by atoms with Crippen molar-refractivity contribution in [3.63, 3.8) is 0 Å². The molecule has 0 bridgehead atoms. The van der Waals surface area contributed by atoms with Crippen molar-refractivity contribution in [2.24, 2.45) is 0 Å². The van der Waals surface area contributed by atoms with Gasteiger partial charge in [0.2, 0.25) is 0 Å². The van der Waals surface area contributed by atoms with E-state index in [1.54, 1.807) is 14.0 Å². The summed E-state index contributed by atoms with van der Waals surface area (Å²) >= 11 is 1.54. The molecule has 102 valence electrons. The Morgan fingerprint density at radius 2 is 2.05 bits per heavy atom. The molecule has 1 unspecified atom stereocenters. The Kier molecular flexibility index (Phi) is 4.27. The van der Waals surface area contributed by atoms with Gasteiger partial charge in [-0.05, 0) is 32.5 Å². The molecule has 2 rings (SSSR count). The molecular weight excluding hydrogens is 266 g/mol. The average Bonchev–Trinajstić information content (AvgIpc) is 2.78. The molecule has 0 amide bonds. The topological polar surface area (TPSA) is 24.9 Å². The molecule has 19 heavy (non-hydrogen) atoms. The molecule has 1 aromatic heterocycles. The highest BCUT2D eigenvalue weighted by Gasteiger charge is 2.21. The molecule has 0 saturated heterocycles. The molecule has 2 nitrogen and oxygen atoms in total. The van der Waals surface area contributed by atoms with Crippen LogP contribution >= 0.6 is 11.3 Å². The summed E-state index contributed by atoms with van der Waals surface area (Å²) in [6, 6.07) is 2.35. The molecule has 0 aliphatic carbocycles. The first-order valence-electron chi connectivity index (χ1n) is 6.05. The van der Waals surface area contributed by atoms with Gasteiger partial charge in [0.1, 0.15) is 11.6 Å². The highest BCUT2D eigenvalue weighted by atomic mass is 32.1. The lowest BCUT2D eigenvalue weighted by molar-refractivity contribution is 0.484. The zero-order valence-corrected chi connectivity index (χ0v) is 11.9. The zero-order valence-electron chi connectivity index (χ0n) is 11.1. The quantitative estimate of drug-likeness (QED) is 0.927. The van der Waals surface area contributed by atoms with Crippen LogP contribution in [0.25, 0.3) is 0 Å². The van der Waals surface area contributed by atoms with E-state index >= 15 is 0 Å². The van der Waals surface area contributed by atoms with Gasteiger partial charge in [-0.3, -0.25) is 0 Å². The maximum Gasteiger partial charge on any atom is 0.133 e. The molecule has 0 spiro atoms. The number of hydrogen-bond donors (Lipinski definition) is 1. The predicted molar refractivity (Wildman–Crippen MR) is 73.5 cm³/mol. The van der Waals surface area contributed by atoms with Gasteiger partial charge in [0, 0.05) is 23.4 Å². The smallest absolute Gasteiger partial charge is 0.133 e. The third-order valence-electron chi connectivity index (χ3n) is 3.10. The molecule has 2 aromatic rings. The van der Waals surface area contributed by atoms with E-state index in [0.29, 0.717) is 12.0 Å². The summed E-state index contributed by atoms with van der Waals surface area (Å²) in [5.74, 6) is -0.999. The summed E-state index contributed by atoms with van der Waals surface area (Å²) in [5, 5.41) is 5.85. The maximum atomic E-state index is 14.1. The van der Waals surface area contributed by atoms with Crippen molar-refractivity contribution in [3.8, 4) is 0 Å². The number of halogens is 2. The molecule has 5 heteroatoms. The van der Waals surface area contributed by atoms with E-state index in [0.717, 1.165) is 10.7 Å². The van der Waals surface area contributed by atoms with Crippen LogP contribution in [0.5, 0.6) is 0 Å². The summed E-state index contributed by atoms with van der Waals surface area (Å²) < 4.78 is 28.0. The van der Waals surface area contributed by atoms with Crippen LogP contribution in [-0.2, 0) is 6.42 Å². The van der Waals surface area contributed by atoms with Crippen LogP contribution < -0.4 is 5.32 Å². The summed E-state index contributed by atoms with van der Waals surface area (Å²) in [7, 11) is 1.70. The Balaban J connectivity index is 2.34. The Hall–Kier alpha value is -1.33. The van der Waals surface area contributed by atoms with E-state index in [-0.39, 0.29) is 5.56 Å². The molecule has 1 N–H and O–H groups in total. The lowest BCUT2D eigenvalue weighted by atomic mass is 9.99. The molecule has 0 radical (unpaired) electrons. The molecule has 0 aliphatic heterocycles. The number of aromatic nitrogens is 1. The fourth-order valence-corrected chi connectivity index (χ4v) is 2.68. The van der Waals surface area contributed by atoms with Gasteiger partial charge in [0.15, 0.2) is 0 Å². The van der Waals surface area contributed by atoms with Crippen LogP contribution in [-0.4, -0.2) is 12.0 Å². The van der Waals surface area contributed by atoms with E-state index in [9.17, 15) is 8.78 Å². The molecule has 0 aliphatic rings. The van der Waals surface area contributed by atoms with E-state index in [2.05, 4.69) is 10.3 Å². The highest BCUT2D eigenvalue weighted by Crippen LogP contribution is 2.26. The largest absolute Gasteiger partial charge is 0.312 e. The summed E-state index contributed by atoms with van der Waals surface area (Å²) in [4.78, 5) is 4.34. The van der Waals surface area contributed by atoms with E-state index in [4.69, 9.17) is 0 Å². The third-order valence-corrected chi connectivity index (χ3v) is 3.92. The van der Waals surface area contributed by atoms with Crippen LogP contribution in [0.1, 0.15) is 27.9 Å². The predicted octanol–water partition coefficient (Wildman–Crippen LogP) is 3.54. The lowest BCUT2D eigenvalue weighted by Crippen LogP contribution is -2.22. The van der Waals surface area contributed by atoms with Gasteiger partial charge in [-0.1, -0.05) is 6.07 Å². The Morgan fingerprint density at radius 3 is 2.63 bits per heavy atom. The van der Waals surface area contributed by atoms with Gasteiger partial charge in [-0.2, -0.15) is 0 Å². The number of aryl methyl sites for hydroxylation is 2. The molecule has 1 heterocycles. The van der Waals surface area contributed by atoms with Crippen molar-refractivity contribution in [1.29, 1.82) is 0 Å². The number of rotatable bonds is 4. The SMILES string of the molecule is CNC(Cc1csc(C)n1)c1c(F)ccc(C)c1F. The second-order valence-electron chi connectivity index (χ2n) is 4.50. The standard InChI is InChI=1S/C14H16F2N2S/c1-8-4-5-11(15)13(14(8)16)12(17-3)6-10-7-19-9(2)18-10/h4-5,7,12,17H,6H2,1-3H3. The van der Waals surface area contributed by atoms with Crippen molar-refractivity contribution in [3.05, 3.63) is 51.0 Å². The minimum absolute atomic E-state index is 0.0909. The number of nitrogens with zero attached hydrogens (tertiary/aromatic N) is 1. The number of hydrogen-bond acceptors (Lipinski definition) is 3. The first-order chi connectivity index (χ1) is 9.02. The van der Waals surface area contributed by atoms with Crippen LogP contribution in [0.3, 0.4) is 0 Å². The first kappa shape index (κ1) is 14.1. The third kappa shape index (κ3) is 2.98. The molecular formula is C14H16F2N2S. The van der Waals surface area contributed by atoms with Gasteiger partial charge in [-0.15, -0.1) is 11.3 Å². The minimum atomic E-state index is -0.519. The molecule has 1 atom stereocenters. The molecule has 0 saturated carbocycles. The van der Waals surface area contributed by atoms with E-state index < -0.39 is 17.7 Å². The lowest BCUT2D eigenvalue weighted by Gasteiger charge is -2.18. The normalized spacial score (nSPS) is 12.7. The number of benzene rings is 1. The fraction of sp³-hybridized carbons (Fsp3) is 0.357. The average molecular weight is 282 g/mol. The molecule has 1 aromatic carbocycles. The number of nitrogens with one attached hydrogen (secondary N) is 1. The second kappa shape index (κ2) is 5.75. The Labute approximate surface area is 115 Å². The Morgan fingerprint density at radius 1 is 1.32 bits per heavy atom. The minimum Gasteiger partial charge on any atom is -0.312 e. The van der Waals surface area contributed by atoms with Gasteiger partial charge in [0.05, 0.1) is 10.7 Å². The first-order valence-corrected chi connectivity index (χ1v) is 6.93. The highest BCUT2D eigenvalue weighted by molar-refractivity contribution is 7.09. The summed E-state index contributed by atoms with van der Waals surface area (Å²) in [6.45, 7) is 3.55. The summed E-state index contributed by atoms with van der Waals surface area (Å²) in [5.41, 5.74) is 1.39. The number of likely N-dealkylation sites (N-methyl/N-ethyl adjacent to an activating group) is 1. The van der Waals surface area contributed by atoms with Crippen molar-refractivity contribution in [2.45, 2.75) is 26.3 Å². The van der Waals surface area contributed by atoms with Gasteiger partial charge < -0.3 is 5.32 Å². The van der Waals surface area contributed by atoms with Crippen LogP contribution in [0.15, 0.2) is 17.5 Å². The van der Waals surface area contributed by atoms with E-state index in [1.807, 2.05) is 12.3 Å². The van der Waals surface area contributed by atoms with Crippen LogP contribution in [0, 0.1) is 25.5 Å². The van der Waals surface area contributed by atoms with Crippen LogP contribution in [0.4, 0.5) is 8.78 Å². The van der Waals surface area contributed by atoms with Crippen molar-refractivity contribution in [2.75, 3.05) is 7.05 Å². The van der Waals surface area contributed by atoms with Crippen molar-refractivity contribution < 1.29 is 8.78 Å². The van der Waals surface area contributed by atoms with Crippen LogP contribution in [0.2, 0.25) is 0 Å². The van der Waals surface area contributed by atoms with Gasteiger partial charge >= 0.3 is 0 Å². The van der Waals surface area contributed by atoms with Crippen molar-refractivity contribution in [1.82, 2.24) is 10.3 Å². The molecule has 0 fully saturated rings. The zero-order chi connectivity index (χ0) is 14.0. The fourth-order valence-electron chi connectivity index (χ4n) is 2.06.